The highest BCUT2D eigenvalue weighted by Crippen LogP contribution is 2.66. The largest absolute Gasteiger partial charge is 0.316 e. The van der Waals surface area contributed by atoms with Crippen LogP contribution in [0.2, 0.25) is 0 Å². The van der Waals surface area contributed by atoms with E-state index < -0.39 is 15.4 Å². The molecule has 2 saturated carbocycles. The maximum Gasteiger partial charge on any atom is 0.275 e. The predicted molar refractivity (Wildman–Crippen MR) is 142 cm³/mol. The Morgan fingerprint density at radius 2 is 1.68 bits per heavy atom. The molecule has 1 amide bonds. The number of carbonyl (C=O) groups excluding carboxylic acids is 1. The highest BCUT2D eigenvalue weighted by atomic mass is 32.2. The van der Waals surface area contributed by atoms with Crippen LogP contribution in [-0.2, 0) is 27.3 Å². The second-order valence-corrected chi connectivity index (χ2v) is 12.6. The molecule has 8 heteroatoms. The normalized spacial score (nSPS) is 22.7. The minimum Gasteiger partial charge on any atom is -0.316 e. The average Bonchev–Trinajstić information content (AvgIpc) is 3.80. The van der Waals surface area contributed by atoms with Crippen molar-refractivity contribution >= 4 is 32.5 Å². The molecule has 7 nitrogen and oxygen atoms in total. The third-order valence-corrected chi connectivity index (χ3v) is 10.2. The summed E-state index contributed by atoms with van der Waals surface area (Å²) < 4.78 is 30.8. The Morgan fingerprint density at radius 3 is 2.38 bits per heavy atom. The highest BCUT2D eigenvalue weighted by molar-refractivity contribution is 7.90. The highest BCUT2D eigenvalue weighted by Gasteiger charge is 2.67. The lowest BCUT2D eigenvalue weighted by Gasteiger charge is -2.14. The number of anilines is 1. The lowest BCUT2D eigenvalue weighted by atomic mass is 9.91. The number of para-hydroxylation sites is 1. The summed E-state index contributed by atoms with van der Waals surface area (Å²) in [6, 6.07) is 16.5. The summed E-state index contributed by atoms with van der Waals surface area (Å²) in [5.74, 6) is 0.0125. The molecule has 4 aromatic rings. The van der Waals surface area contributed by atoms with E-state index in [9.17, 15) is 18.0 Å². The maximum atomic E-state index is 14.0. The van der Waals surface area contributed by atoms with Crippen LogP contribution in [0.1, 0.15) is 53.5 Å². The number of likely N-dealkylation sites (N-methyl/N-ethyl adjacent to an activating group) is 1. The summed E-state index contributed by atoms with van der Waals surface area (Å²) in [7, 11) is -0.544. The van der Waals surface area contributed by atoms with Crippen LogP contribution in [-0.4, -0.2) is 29.9 Å². The minimum atomic E-state index is -4.00. The van der Waals surface area contributed by atoms with Gasteiger partial charge in [0.05, 0.1) is 10.3 Å². The second kappa shape index (κ2) is 7.22. The summed E-state index contributed by atoms with van der Waals surface area (Å²) in [5.41, 5.74) is 3.54. The monoisotopic (exact) mass is 513 g/mol. The molecule has 1 spiro atoms. The van der Waals surface area contributed by atoms with Crippen LogP contribution in [0.5, 0.6) is 0 Å². The summed E-state index contributed by atoms with van der Waals surface area (Å²) in [6.07, 6.45) is 4.21. The molecule has 0 bridgehead atoms. The first-order valence-corrected chi connectivity index (χ1v) is 14.0. The number of fused-ring (bicyclic) bond motifs is 3. The van der Waals surface area contributed by atoms with Crippen molar-refractivity contribution in [3.05, 3.63) is 93.5 Å². The molecule has 3 aliphatic rings. The number of pyridine rings is 1. The molecule has 2 fully saturated rings. The zero-order valence-electron chi connectivity index (χ0n) is 20.9. The standard InChI is InChI=1S/C29H27N3O4S/c1-17-8-12-19(13-9-17)37(35,36)32-25(18-10-11-18)14-20-21(16-30(2)27(33)26(20)32)23-15-29(23)22-6-4-5-7-24(22)31(3)28(29)34/h4-9,12-14,16,18,23H,10-11,15H2,1-3H3/t23-,29-/m0/s1. The van der Waals surface area contributed by atoms with Gasteiger partial charge in [-0.3, -0.25) is 9.59 Å². The van der Waals surface area contributed by atoms with Gasteiger partial charge >= 0.3 is 0 Å². The molecule has 2 aliphatic carbocycles. The van der Waals surface area contributed by atoms with Crippen molar-refractivity contribution in [1.29, 1.82) is 0 Å². The summed E-state index contributed by atoms with van der Waals surface area (Å²) in [6.45, 7) is 1.91. The van der Waals surface area contributed by atoms with Crippen molar-refractivity contribution in [2.75, 3.05) is 11.9 Å². The average molecular weight is 514 g/mol. The van der Waals surface area contributed by atoms with Gasteiger partial charge in [0.2, 0.25) is 5.91 Å². The van der Waals surface area contributed by atoms with E-state index in [2.05, 4.69) is 0 Å². The van der Waals surface area contributed by atoms with E-state index in [0.29, 0.717) is 17.5 Å². The van der Waals surface area contributed by atoms with Gasteiger partial charge in [0.1, 0.15) is 5.52 Å². The summed E-state index contributed by atoms with van der Waals surface area (Å²) >= 11 is 0. The number of hydrogen-bond acceptors (Lipinski definition) is 4. The van der Waals surface area contributed by atoms with E-state index in [1.807, 2.05) is 37.3 Å². The number of aromatic nitrogens is 2. The quantitative estimate of drug-likeness (QED) is 0.410. The van der Waals surface area contributed by atoms with Crippen LogP contribution in [0.3, 0.4) is 0 Å². The molecule has 2 aromatic heterocycles. The van der Waals surface area contributed by atoms with Gasteiger partial charge in [-0.05, 0) is 61.6 Å². The third-order valence-electron chi connectivity index (χ3n) is 8.47. The zero-order chi connectivity index (χ0) is 25.9. The first kappa shape index (κ1) is 22.5. The number of rotatable bonds is 4. The number of hydrogen-bond donors (Lipinski definition) is 0. The molecule has 188 valence electrons. The lowest BCUT2D eigenvalue weighted by molar-refractivity contribution is -0.120. The molecule has 37 heavy (non-hydrogen) atoms. The number of benzene rings is 2. The van der Waals surface area contributed by atoms with Crippen molar-refractivity contribution in [3.63, 3.8) is 0 Å². The Balaban J connectivity index is 1.48. The van der Waals surface area contributed by atoms with Crippen LogP contribution in [0.4, 0.5) is 5.69 Å². The van der Waals surface area contributed by atoms with Crippen molar-refractivity contribution in [3.8, 4) is 0 Å². The second-order valence-electron chi connectivity index (χ2n) is 10.8. The van der Waals surface area contributed by atoms with E-state index in [1.165, 1.54) is 8.54 Å². The lowest BCUT2D eigenvalue weighted by Crippen LogP contribution is -2.29. The van der Waals surface area contributed by atoms with Crippen molar-refractivity contribution in [1.82, 2.24) is 8.54 Å². The first-order chi connectivity index (χ1) is 17.7. The van der Waals surface area contributed by atoms with Crippen molar-refractivity contribution in [2.24, 2.45) is 7.05 Å². The van der Waals surface area contributed by atoms with E-state index >= 15 is 0 Å². The van der Waals surface area contributed by atoms with Crippen LogP contribution >= 0.6 is 0 Å². The topological polar surface area (TPSA) is 81.4 Å². The number of nitrogens with zero attached hydrogens (tertiary/aromatic N) is 3. The fourth-order valence-electron chi connectivity index (χ4n) is 6.29. The fourth-order valence-corrected chi connectivity index (χ4v) is 7.88. The SMILES string of the molecule is Cc1ccc(S(=O)(=O)n2c(C3CC3)cc3c([C@@H]4C[C@@]45C(=O)N(C)c4ccccc45)cn(C)c(=O)c32)cc1. The zero-order valence-corrected chi connectivity index (χ0v) is 21.7. The number of aryl methyl sites for hydroxylation is 2. The van der Waals surface area contributed by atoms with E-state index in [1.54, 1.807) is 49.5 Å². The molecule has 1 aliphatic heterocycles. The Hall–Kier alpha value is -3.65. The molecule has 0 radical (unpaired) electrons. The molecular weight excluding hydrogens is 486 g/mol. The van der Waals surface area contributed by atoms with E-state index in [0.717, 1.165) is 35.2 Å². The Bertz CT molecular complexity index is 1810. The third kappa shape index (κ3) is 2.90. The van der Waals surface area contributed by atoms with Gasteiger partial charge in [-0.25, -0.2) is 12.4 Å². The van der Waals surface area contributed by atoms with Gasteiger partial charge in [-0.1, -0.05) is 35.9 Å². The molecule has 0 unspecified atom stereocenters. The molecule has 0 saturated heterocycles. The Morgan fingerprint density at radius 1 is 0.973 bits per heavy atom. The predicted octanol–water partition coefficient (Wildman–Crippen LogP) is 4.16. The molecule has 3 heterocycles. The van der Waals surface area contributed by atoms with E-state index in [-0.39, 0.29) is 33.7 Å². The van der Waals surface area contributed by atoms with Gasteiger partial charge in [0.25, 0.3) is 15.6 Å². The summed E-state index contributed by atoms with van der Waals surface area (Å²) in [4.78, 5) is 29.0. The molecule has 0 N–H and O–H groups in total. The fraction of sp³-hybridized carbons (Fsp3) is 0.310. The molecule has 7 rings (SSSR count). The van der Waals surface area contributed by atoms with Gasteiger partial charge in [0, 0.05) is 48.9 Å². The Kier molecular flexibility index (Phi) is 4.40. The van der Waals surface area contributed by atoms with Crippen molar-refractivity contribution in [2.45, 2.75) is 48.3 Å². The molecule has 2 atom stereocenters. The number of carbonyl (C=O) groups is 1. The van der Waals surface area contributed by atoms with Crippen LogP contribution in [0, 0.1) is 6.92 Å². The van der Waals surface area contributed by atoms with Gasteiger partial charge < -0.3 is 9.47 Å². The van der Waals surface area contributed by atoms with Gasteiger partial charge in [-0.15, -0.1) is 0 Å². The molecular formula is C29H27N3O4S. The summed E-state index contributed by atoms with van der Waals surface area (Å²) in [5, 5.41) is 0.641. The van der Waals surface area contributed by atoms with Crippen molar-refractivity contribution < 1.29 is 13.2 Å². The van der Waals surface area contributed by atoms with Gasteiger partial charge in [-0.2, -0.15) is 0 Å². The van der Waals surface area contributed by atoms with Gasteiger partial charge in [0.15, 0.2) is 0 Å². The van der Waals surface area contributed by atoms with Crippen LogP contribution in [0.25, 0.3) is 10.9 Å². The first-order valence-electron chi connectivity index (χ1n) is 12.6. The van der Waals surface area contributed by atoms with E-state index in [4.69, 9.17) is 0 Å². The maximum absolute atomic E-state index is 14.0. The number of amides is 1. The molecule has 2 aromatic carbocycles. The van der Waals surface area contributed by atoms with Crippen LogP contribution in [0.15, 0.2) is 70.5 Å². The minimum absolute atomic E-state index is 0.0508. The smallest absolute Gasteiger partial charge is 0.275 e. The van der Waals surface area contributed by atoms with Crippen LogP contribution < -0.4 is 10.5 Å². The Labute approximate surface area is 215 Å².